The van der Waals surface area contributed by atoms with Crippen molar-refractivity contribution < 1.29 is 13.9 Å². The van der Waals surface area contributed by atoms with Crippen molar-refractivity contribution in [3.8, 4) is 17.4 Å². The molecule has 9 heteroatoms. The number of aromatic nitrogens is 2. The van der Waals surface area contributed by atoms with Crippen molar-refractivity contribution in [1.82, 2.24) is 14.3 Å². The van der Waals surface area contributed by atoms with Gasteiger partial charge in [-0.15, -0.1) is 0 Å². The van der Waals surface area contributed by atoms with Crippen molar-refractivity contribution in [3.63, 3.8) is 0 Å². The van der Waals surface area contributed by atoms with E-state index in [1.165, 1.54) is 11.5 Å². The minimum atomic E-state index is -0.298. The summed E-state index contributed by atoms with van der Waals surface area (Å²) in [7, 11) is 0. The smallest absolute Gasteiger partial charge is 0.261 e. The Balaban J connectivity index is 1.42. The molecule has 1 fully saturated rings. The van der Waals surface area contributed by atoms with Gasteiger partial charge in [0.15, 0.2) is 0 Å². The number of rotatable bonds is 6. The van der Waals surface area contributed by atoms with Gasteiger partial charge in [0.2, 0.25) is 5.13 Å². The second-order valence-corrected chi connectivity index (χ2v) is 8.20. The zero-order valence-electron chi connectivity index (χ0n) is 17.4. The van der Waals surface area contributed by atoms with Gasteiger partial charge in [0.05, 0.1) is 30.4 Å². The van der Waals surface area contributed by atoms with Crippen LogP contribution >= 0.6 is 11.5 Å². The summed E-state index contributed by atoms with van der Waals surface area (Å²) >= 11 is 1.17. The minimum Gasteiger partial charge on any atom is -0.461 e. The van der Waals surface area contributed by atoms with Gasteiger partial charge in [0.25, 0.3) is 5.91 Å². The third kappa shape index (κ3) is 4.99. The fourth-order valence-corrected chi connectivity index (χ4v) is 4.15. The van der Waals surface area contributed by atoms with Crippen molar-refractivity contribution in [2.24, 2.45) is 0 Å². The van der Waals surface area contributed by atoms with Crippen molar-refractivity contribution in [1.29, 1.82) is 5.26 Å². The summed E-state index contributed by atoms with van der Waals surface area (Å²) in [5.74, 6) is 1.46. The second-order valence-electron chi connectivity index (χ2n) is 7.44. The first kappa shape index (κ1) is 21.2. The van der Waals surface area contributed by atoms with Crippen LogP contribution in [0.3, 0.4) is 0 Å². The Bertz CT molecular complexity index is 1110. The highest BCUT2D eigenvalue weighted by Gasteiger charge is 2.21. The quantitative estimate of drug-likeness (QED) is 0.629. The number of aryl methyl sites for hydroxylation is 1. The standard InChI is InChI=1S/C22H23N5O3S/c1-14(27-6-8-29-9-7-27)10-20-24-22(31-26-20)25-21(28)18-12-19(30-15(18)2)17-5-3-4-16(11-17)13-23/h3-5,11-12,14H,6-10H2,1-2H3,(H,24,25,26,28). The summed E-state index contributed by atoms with van der Waals surface area (Å²) in [6.07, 6.45) is 0.719. The number of benzene rings is 1. The molecule has 31 heavy (non-hydrogen) atoms. The van der Waals surface area contributed by atoms with Gasteiger partial charge in [-0.1, -0.05) is 12.1 Å². The van der Waals surface area contributed by atoms with Gasteiger partial charge in [-0.3, -0.25) is 15.0 Å². The Morgan fingerprint density at radius 1 is 1.35 bits per heavy atom. The van der Waals surface area contributed by atoms with Crippen LogP contribution in [0.4, 0.5) is 5.13 Å². The molecule has 0 spiro atoms. The summed E-state index contributed by atoms with van der Waals surface area (Å²) in [5.41, 5.74) is 1.71. The topological polar surface area (TPSA) is 104 Å². The number of carbonyl (C=O) groups excluding carboxylic acids is 1. The van der Waals surface area contributed by atoms with E-state index in [9.17, 15) is 4.79 Å². The Hall–Kier alpha value is -3.06. The third-order valence-electron chi connectivity index (χ3n) is 5.27. The van der Waals surface area contributed by atoms with Crippen LogP contribution in [-0.2, 0) is 11.2 Å². The lowest BCUT2D eigenvalue weighted by molar-refractivity contribution is 0.0200. The van der Waals surface area contributed by atoms with Crippen molar-refractivity contribution in [2.45, 2.75) is 26.3 Å². The van der Waals surface area contributed by atoms with Gasteiger partial charge in [-0.05, 0) is 32.0 Å². The number of carbonyl (C=O) groups is 1. The molecule has 1 saturated heterocycles. The lowest BCUT2D eigenvalue weighted by atomic mass is 10.1. The van der Waals surface area contributed by atoms with Crippen LogP contribution < -0.4 is 5.32 Å². The molecule has 0 saturated carbocycles. The molecule has 0 bridgehead atoms. The van der Waals surface area contributed by atoms with Crippen LogP contribution in [0.15, 0.2) is 34.7 Å². The zero-order valence-corrected chi connectivity index (χ0v) is 18.2. The summed E-state index contributed by atoms with van der Waals surface area (Å²) < 4.78 is 15.6. The molecule has 1 aliphatic rings. The summed E-state index contributed by atoms with van der Waals surface area (Å²) in [6.45, 7) is 7.22. The van der Waals surface area contributed by atoms with Crippen molar-refractivity contribution in [3.05, 3.63) is 53.0 Å². The lowest BCUT2D eigenvalue weighted by Gasteiger charge is -2.31. The number of nitrogens with zero attached hydrogens (tertiary/aromatic N) is 4. The number of morpholine rings is 1. The molecular weight excluding hydrogens is 414 g/mol. The molecule has 1 aromatic carbocycles. The average Bonchev–Trinajstić information content (AvgIpc) is 3.40. The van der Waals surface area contributed by atoms with Crippen LogP contribution in [0, 0.1) is 18.3 Å². The molecule has 4 rings (SSSR count). The average molecular weight is 438 g/mol. The SMILES string of the molecule is Cc1oc(-c2cccc(C#N)c2)cc1C(=O)Nc1nc(CC(C)N2CCOCC2)ns1. The number of ether oxygens (including phenoxy) is 1. The first-order chi connectivity index (χ1) is 15.0. The Labute approximate surface area is 184 Å². The fraction of sp³-hybridized carbons (Fsp3) is 0.364. The van der Waals surface area contributed by atoms with E-state index in [1.54, 1.807) is 31.2 Å². The van der Waals surface area contributed by atoms with Crippen LogP contribution in [0.2, 0.25) is 0 Å². The number of hydrogen-bond acceptors (Lipinski definition) is 8. The second kappa shape index (κ2) is 9.39. The zero-order chi connectivity index (χ0) is 21.8. The minimum absolute atomic E-state index is 0.298. The molecule has 3 aromatic rings. The Kier molecular flexibility index (Phi) is 6.42. The molecule has 3 heterocycles. The first-order valence-corrected chi connectivity index (χ1v) is 10.9. The number of anilines is 1. The van der Waals surface area contributed by atoms with Gasteiger partial charge in [-0.2, -0.15) is 9.64 Å². The van der Waals surface area contributed by atoms with Crippen molar-refractivity contribution >= 4 is 22.6 Å². The molecule has 2 aromatic heterocycles. The summed E-state index contributed by atoms with van der Waals surface area (Å²) in [6, 6.07) is 11.2. The lowest BCUT2D eigenvalue weighted by Crippen LogP contribution is -2.43. The predicted octanol–water partition coefficient (Wildman–Crippen LogP) is 3.49. The van der Waals surface area contributed by atoms with E-state index in [0.29, 0.717) is 33.8 Å². The highest BCUT2D eigenvalue weighted by molar-refractivity contribution is 7.09. The highest BCUT2D eigenvalue weighted by atomic mass is 32.1. The van der Waals surface area contributed by atoms with E-state index in [0.717, 1.165) is 44.1 Å². The number of nitrogens with one attached hydrogen (secondary N) is 1. The molecule has 1 amide bonds. The number of amides is 1. The van der Waals surface area contributed by atoms with Gasteiger partial charge in [-0.25, -0.2) is 4.98 Å². The van der Waals surface area contributed by atoms with E-state index < -0.39 is 0 Å². The molecule has 8 nitrogen and oxygen atoms in total. The maximum atomic E-state index is 12.8. The molecule has 0 aliphatic carbocycles. The maximum Gasteiger partial charge on any atom is 0.261 e. The number of furan rings is 1. The van der Waals surface area contributed by atoms with Gasteiger partial charge in [0.1, 0.15) is 17.3 Å². The molecule has 1 unspecified atom stereocenters. The Morgan fingerprint density at radius 2 is 2.16 bits per heavy atom. The molecule has 1 aliphatic heterocycles. The van der Waals surface area contributed by atoms with Crippen LogP contribution in [0.25, 0.3) is 11.3 Å². The van der Waals surface area contributed by atoms with E-state index in [1.807, 2.05) is 6.07 Å². The molecule has 1 atom stereocenters. The normalized spacial score (nSPS) is 15.4. The predicted molar refractivity (Wildman–Crippen MR) is 117 cm³/mol. The molecule has 160 valence electrons. The van der Waals surface area contributed by atoms with Crippen molar-refractivity contribution in [2.75, 3.05) is 31.6 Å². The first-order valence-electron chi connectivity index (χ1n) is 10.1. The fourth-order valence-electron chi connectivity index (χ4n) is 3.56. The van der Waals surface area contributed by atoms with Gasteiger partial charge >= 0.3 is 0 Å². The van der Waals surface area contributed by atoms with E-state index in [4.69, 9.17) is 14.4 Å². The summed E-state index contributed by atoms with van der Waals surface area (Å²) in [4.78, 5) is 19.6. The monoisotopic (exact) mass is 437 g/mol. The molecule has 1 N–H and O–H groups in total. The number of hydrogen-bond donors (Lipinski definition) is 1. The van der Waals surface area contributed by atoms with Gasteiger partial charge < -0.3 is 9.15 Å². The largest absolute Gasteiger partial charge is 0.461 e. The number of nitriles is 1. The van der Waals surface area contributed by atoms with E-state index in [-0.39, 0.29) is 5.91 Å². The van der Waals surface area contributed by atoms with Crippen LogP contribution in [0.1, 0.15) is 34.4 Å². The Morgan fingerprint density at radius 3 is 2.94 bits per heavy atom. The van der Waals surface area contributed by atoms with E-state index in [2.05, 4.69) is 32.6 Å². The highest BCUT2D eigenvalue weighted by Crippen LogP contribution is 2.27. The maximum absolute atomic E-state index is 12.8. The van der Waals surface area contributed by atoms with Gasteiger partial charge in [0, 0.05) is 42.6 Å². The van der Waals surface area contributed by atoms with E-state index >= 15 is 0 Å². The van der Waals surface area contributed by atoms with Crippen LogP contribution in [-0.4, -0.2) is 52.5 Å². The molecule has 0 radical (unpaired) electrons. The molecular formula is C22H23N5O3S. The summed E-state index contributed by atoms with van der Waals surface area (Å²) in [5, 5.41) is 12.4. The third-order valence-corrected chi connectivity index (χ3v) is 5.94. The van der Waals surface area contributed by atoms with Crippen LogP contribution in [0.5, 0.6) is 0 Å².